The maximum Gasteiger partial charge on any atom is 0.472 e. The molecular weight excluding hydrogens is 753 g/mol. The molecule has 10 nitrogen and oxygen atoms in total. The van der Waals surface area contributed by atoms with Gasteiger partial charge in [-0.05, 0) is 83.5 Å². The predicted octanol–water partition coefficient (Wildman–Crippen LogP) is 11.1. The standard InChI is InChI=1S/C47H74NO9P/c1-3-5-7-8-9-10-11-12-13-14-15-18-22-25-28-31-35-39-47(51)57-45(43-56-58(52,53)55-41-40-48)42-54-46(50)38-34-30-27-24-21-19-16-17-20-23-26-29-33-37-44(49)36-32-6-4-2/h5-7,9-10,12-13,15,17-21,26-27,29-30,32-33,37,44-45,49H,3-4,8,11,14,16,22-25,28,31,34-36,38-43,48H2,1-2H3,(H,52,53)/b7-5-,10-9-,13-12-,18-15-,20-17-,21-19-,29-26+,30-27-,32-6-,37-33+/t44?,45-/m1/s1. The second-order valence-corrected chi connectivity index (χ2v) is 14.7. The number of hydrogen-bond donors (Lipinski definition) is 3. The van der Waals surface area contributed by atoms with Crippen LogP contribution < -0.4 is 5.73 Å². The van der Waals surface area contributed by atoms with Crippen LogP contribution in [0.1, 0.15) is 123 Å². The summed E-state index contributed by atoms with van der Waals surface area (Å²) in [5.74, 6) is -0.991. The van der Waals surface area contributed by atoms with Gasteiger partial charge in [-0.1, -0.05) is 148 Å². The zero-order chi connectivity index (χ0) is 42.6. The number of ether oxygens (including phenoxy) is 2. The number of esters is 2. The van der Waals surface area contributed by atoms with Gasteiger partial charge in [0, 0.05) is 19.4 Å². The molecule has 0 bridgehead atoms. The topological polar surface area (TPSA) is 155 Å². The van der Waals surface area contributed by atoms with Crippen LogP contribution in [0.4, 0.5) is 0 Å². The Labute approximate surface area is 350 Å². The minimum Gasteiger partial charge on any atom is -0.462 e. The summed E-state index contributed by atoms with van der Waals surface area (Å²) >= 11 is 0. The molecule has 0 spiro atoms. The van der Waals surface area contributed by atoms with Crippen molar-refractivity contribution in [3.8, 4) is 0 Å². The highest BCUT2D eigenvalue weighted by Gasteiger charge is 2.25. The van der Waals surface area contributed by atoms with Crippen LogP contribution in [-0.2, 0) is 32.7 Å². The van der Waals surface area contributed by atoms with E-state index in [-0.39, 0.29) is 32.6 Å². The third-order valence-corrected chi connectivity index (χ3v) is 8.92. The molecule has 0 aromatic heterocycles. The summed E-state index contributed by atoms with van der Waals surface area (Å²) in [5.41, 5.74) is 5.33. The Hall–Kier alpha value is -3.63. The normalized spacial score (nSPS) is 15.1. The van der Waals surface area contributed by atoms with Gasteiger partial charge in [0.1, 0.15) is 6.61 Å². The monoisotopic (exact) mass is 828 g/mol. The Morgan fingerprint density at radius 1 is 0.603 bits per heavy atom. The zero-order valence-corrected chi connectivity index (χ0v) is 36.2. The van der Waals surface area contributed by atoms with E-state index >= 15 is 0 Å². The summed E-state index contributed by atoms with van der Waals surface area (Å²) in [4.78, 5) is 34.8. The summed E-state index contributed by atoms with van der Waals surface area (Å²) in [7, 11) is -4.42. The van der Waals surface area contributed by atoms with E-state index in [1.165, 1.54) is 0 Å². The summed E-state index contributed by atoms with van der Waals surface area (Å²) in [5, 5.41) is 9.83. The number of nitrogens with two attached hydrogens (primary N) is 1. The smallest absolute Gasteiger partial charge is 0.462 e. The minimum absolute atomic E-state index is 0.0258. The third kappa shape index (κ3) is 40.6. The fourth-order valence-corrected chi connectivity index (χ4v) is 5.62. The number of carbonyl (C=O) groups excluding carboxylic acids is 2. The molecule has 4 N–H and O–H groups in total. The van der Waals surface area contributed by atoms with Gasteiger partial charge in [-0.15, -0.1) is 0 Å². The lowest BCUT2D eigenvalue weighted by molar-refractivity contribution is -0.161. The Morgan fingerprint density at radius 3 is 1.74 bits per heavy atom. The van der Waals surface area contributed by atoms with E-state index in [9.17, 15) is 24.2 Å². The lowest BCUT2D eigenvalue weighted by Crippen LogP contribution is -2.29. The predicted molar refractivity (Wildman–Crippen MR) is 239 cm³/mol. The van der Waals surface area contributed by atoms with Crippen LogP contribution in [-0.4, -0.2) is 60.5 Å². The lowest BCUT2D eigenvalue weighted by atomic mass is 10.1. The van der Waals surface area contributed by atoms with Crippen LogP contribution in [0.3, 0.4) is 0 Å². The van der Waals surface area contributed by atoms with E-state index in [0.29, 0.717) is 19.3 Å². The van der Waals surface area contributed by atoms with Gasteiger partial charge in [-0.2, -0.15) is 0 Å². The molecule has 0 aromatic rings. The first-order valence-electron chi connectivity index (χ1n) is 21.1. The molecule has 11 heteroatoms. The highest BCUT2D eigenvalue weighted by molar-refractivity contribution is 7.47. The van der Waals surface area contributed by atoms with Crippen molar-refractivity contribution in [2.75, 3.05) is 26.4 Å². The summed E-state index contributed by atoms with van der Waals surface area (Å²) in [6, 6.07) is 0. The van der Waals surface area contributed by atoms with Crippen molar-refractivity contribution in [1.82, 2.24) is 0 Å². The van der Waals surface area contributed by atoms with Gasteiger partial charge in [-0.25, -0.2) is 4.57 Å². The van der Waals surface area contributed by atoms with Crippen molar-refractivity contribution in [3.05, 3.63) is 122 Å². The summed E-state index contributed by atoms with van der Waals surface area (Å²) < 4.78 is 32.6. The molecule has 0 rings (SSSR count). The maximum absolute atomic E-state index is 12.6. The Balaban J connectivity index is 4.41. The van der Waals surface area contributed by atoms with Gasteiger partial charge in [0.2, 0.25) is 0 Å². The van der Waals surface area contributed by atoms with Crippen molar-refractivity contribution < 1.29 is 42.7 Å². The SMILES string of the molecule is CC/C=C\C/C=C\C/C=C\C/C=C\CCCCCCC(=O)O[C@H](COC(=O)CC/C=C\C/C=C\C/C=C\C/C=C/C=C/C(O)C/C=C\CC)COP(=O)(O)OCCN. The fourth-order valence-electron chi connectivity index (χ4n) is 4.85. The molecule has 0 radical (unpaired) electrons. The van der Waals surface area contributed by atoms with Gasteiger partial charge in [0.05, 0.1) is 19.3 Å². The number of unbranched alkanes of at least 4 members (excludes halogenated alkanes) is 4. The molecular formula is C47H74NO9P. The molecule has 0 heterocycles. The highest BCUT2D eigenvalue weighted by atomic mass is 31.2. The Kier molecular flexibility index (Phi) is 38.9. The lowest BCUT2D eigenvalue weighted by Gasteiger charge is -2.19. The molecule has 2 unspecified atom stereocenters. The van der Waals surface area contributed by atoms with E-state index in [1.807, 2.05) is 42.5 Å². The molecule has 0 amide bonds. The van der Waals surface area contributed by atoms with Crippen molar-refractivity contribution in [1.29, 1.82) is 0 Å². The second kappa shape index (κ2) is 41.5. The summed E-state index contributed by atoms with van der Waals surface area (Å²) in [6.45, 7) is 3.24. The van der Waals surface area contributed by atoms with E-state index in [4.69, 9.17) is 24.3 Å². The molecule has 0 aromatic carbocycles. The van der Waals surface area contributed by atoms with Crippen molar-refractivity contribution in [2.24, 2.45) is 5.73 Å². The van der Waals surface area contributed by atoms with Gasteiger partial charge in [0.25, 0.3) is 0 Å². The van der Waals surface area contributed by atoms with Crippen LogP contribution in [0.2, 0.25) is 0 Å². The summed E-state index contributed by atoms with van der Waals surface area (Å²) in [6.07, 6.45) is 52.9. The molecule has 3 atom stereocenters. The largest absolute Gasteiger partial charge is 0.472 e. The quantitative estimate of drug-likeness (QED) is 0.0181. The van der Waals surface area contributed by atoms with Gasteiger partial charge in [-0.3, -0.25) is 18.6 Å². The van der Waals surface area contributed by atoms with Gasteiger partial charge >= 0.3 is 19.8 Å². The van der Waals surface area contributed by atoms with E-state index in [2.05, 4.69) is 86.8 Å². The molecule has 326 valence electrons. The molecule has 0 aliphatic rings. The number of aliphatic hydroxyl groups is 1. The van der Waals surface area contributed by atoms with E-state index in [1.54, 1.807) is 6.08 Å². The number of rotatable bonds is 37. The highest BCUT2D eigenvalue weighted by Crippen LogP contribution is 2.43. The number of phosphoric acid groups is 1. The molecule has 0 aliphatic heterocycles. The average Bonchev–Trinajstić information content (AvgIpc) is 3.20. The first-order chi connectivity index (χ1) is 28.2. The first-order valence-corrected chi connectivity index (χ1v) is 22.6. The van der Waals surface area contributed by atoms with Crippen molar-refractivity contribution >= 4 is 19.8 Å². The van der Waals surface area contributed by atoms with Gasteiger partial charge in [0.15, 0.2) is 6.10 Å². The number of aliphatic hydroxyl groups excluding tert-OH is 1. The number of phosphoric ester groups is 1. The number of allylic oxidation sites excluding steroid dienone is 18. The van der Waals surface area contributed by atoms with Crippen LogP contribution in [0.15, 0.2) is 122 Å². The molecule has 0 saturated heterocycles. The van der Waals surface area contributed by atoms with Crippen molar-refractivity contribution in [3.63, 3.8) is 0 Å². The molecule has 0 saturated carbocycles. The average molecular weight is 828 g/mol. The zero-order valence-electron chi connectivity index (χ0n) is 35.3. The van der Waals surface area contributed by atoms with E-state index in [0.717, 1.165) is 77.0 Å². The minimum atomic E-state index is -4.42. The Bertz CT molecular complexity index is 1370. The van der Waals surface area contributed by atoms with E-state index < -0.39 is 38.6 Å². The first kappa shape index (κ1) is 54.4. The number of carbonyl (C=O) groups is 2. The third-order valence-electron chi connectivity index (χ3n) is 7.94. The molecule has 0 fully saturated rings. The second-order valence-electron chi connectivity index (χ2n) is 13.3. The van der Waals surface area contributed by atoms with Gasteiger partial charge < -0.3 is 25.2 Å². The Morgan fingerprint density at radius 2 is 1.14 bits per heavy atom. The molecule has 58 heavy (non-hydrogen) atoms. The maximum atomic E-state index is 12.6. The van der Waals surface area contributed by atoms with Crippen LogP contribution in [0.25, 0.3) is 0 Å². The van der Waals surface area contributed by atoms with Crippen LogP contribution in [0.5, 0.6) is 0 Å². The van der Waals surface area contributed by atoms with Crippen LogP contribution in [0, 0.1) is 0 Å². The van der Waals surface area contributed by atoms with Crippen LogP contribution >= 0.6 is 7.82 Å². The van der Waals surface area contributed by atoms with Crippen molar-refractivity contribution in [2.45, 2.75) is 135 Å². The fraction of sp³-hybridized carbons (Fsp3) is 0.532. The number of hydrogen-bond acceptors (Lipinski definition) is 9. The molecule has 0 aliphatic carbocycles.